The third kappa shape index (κ3) is 10.5. The first-order valence-electron chi connectivity index (χ1n) is 15.0. The summed E-state index contributed by atoms with van der Waals surface area (Å²) >= 11 is 6.00. The number of benzene rings is 1. The quantitative estimate of drug-likeness (QED) is 0.269. The molecule has 4 rings (SSSR count). The number of carbonyl (C=O) groups excluding carboxylic acids is 2. The summed E-state index contributed by atoms with van der Waals surface area (Å²) in [6, 6.07) is 5.74. The molecule has 0 saturated carbocycles. The van der Waals surface area contributed by atoms with Crippen molar-refractivity contribution >= 4 is 33.4 Å². The maximum atomic E-state index is 13.9. The first-order chi connectivity index (χ1) is 19.7. The zero-order valence-electron chi connectivity index (χ0n) is 24.1. The fraction of sp³-hybridized carbons (Fsp3) is 0.724. The van der Waals surface area contributed by atoms with Crippen molar-refractivity contribution in [3.63, 3.8) is 0 Å². The summed E-state index contributed by atoms with van der Waals surface area (Å²) in [6.45, 7) is 4.98. The van der Waals surface area contributed by atoms with E-state index >= 15 is 0 Å². The maximum absolute atomic E-state index is 13.9. The molecule has 3 atom stereocenters. The van der Waals surface area contributed by atoms with Gasteiger partial charge in [0.05, 0.1) is 19.0 Å². The molecule has 0 aromatic heterocycles. The number of carbonyl (C=O) groups is 2. The van der Waals surface area contributed by atoms with Gasteiger partial charge in [0.1, 0.15) is 12.1 Å². The molecule has 41 heavy (non-hydrogen) atoms. The number of sulfonamides is 1. The van der Waals surface area contributed by atoms with Crippen LogP contribution in [0.2, 0.25) is 5.02 Å². The van der Waals surface area contributed by atoms with E-state index < -0.39 is 22.1 Å². The van der Waals surface area contributed by atoms with Crippen molar-refractivity contribution in [2.24, 2.45) is 11.8 Å². The molecule has 0 bridgehead atoms. The predicted molar refractivity (Wildman–Crippen MR) is 160 cm³/mol. The summed E-state index contributed by atoms with van der Waals surface area (Å²) in [5.74, 6) is 0.449. The molecular weight excluding hydrogens is 566 g/mol. The van der Waals surface area contributed by atoms with E-state index in [2.05, 4.69) is 20.7 Å². The Kier molecular flexibility index (Phi) is 12.3. The Balaban J connectivity index is 1.43. The van der Waals surface area contributed by atoms with Gasteiger partial charge in [-0.05, 0) is 101 Å². The Morgan fingerprint density at radius 2 is 1.63 bits per heavy atom. The number of amides is 2. The van der Waals surface area contributed by atoms with Gasteiger partial charge in [-0.3, -0.25) is 9.59 Å². The number of rotatable bonds is 13. The molecule has 2 amide bonds. The summed E-state index contributed by atoms with van der Waals surface area (Å²) < 4.78 is 33.2. The molecule has 3 saturated heterocycles. The van der Waals surface area contributed by atoms with Crippen LogP contribution in [0.1, 0.15) is 56.9 Å². The average Bonchev–Trinajstić information content (AvgIpc) is 3.39. The van der Waals surface area contributed by atoms with Crippen molar-refractivity contribution in [1.82, 2.24) is 25.6 Å². The molecule has 3 heterocycles. The lowest BCUT2D eigenvalue weighted by atomic mass is 9.91. The topological polar surface area (TPSA) is 129 Å². The monoisotopic (exact) mass is 611 g/mol. The van der Waals surface area contributed by atoms with E-state index in [9.17, 15) is 18.0 Å². The minimum atomic E-state index is -3.64. The van der Waals surface area contributed by atoms with Crippen molar-refractivity contribution < 1.29 is 22.7 Å². The molecule has 10 nitrogen and oxygen atoms in total. The molecule has 4 N–H and O–H groups in total. The highest BCUT2D eigenvalue weighted by molar-refractivity contribution is 7.88. The highest BCUT2D eigenvalue weighted by Gasteiger charge is 2.42. The van der Waals surface area contributed by atoms with Crippen LogP contribution in [0.3, 0.4) is 0 Å². The van der Waals surface area contributed by atoms with Crippen molar-refractivity contribution in [3.8, 4) is 0 Å². The number of likely N-dealkylation sites (tertiary alicyclic amines) is 1. The molecule has 0 spiro atoms. The number of piperidine rings is 2. The molecular formula is C29H46ClN5O5S. The van der Waals surface area contributed by atoms with Crippen molar-refractivity contribution in [3.05, 3.63) is 34.9 Å². The zero-order chi connectivity index (χ0) is 29.2. The molecule has 1 aromatic rings. The number of nitrogens with zero attached hydrogens (tertiary/aromatic N) is 1. The number of halogens is 1. The molecule has 12 heteroatoms. The summed E-state index contributed by atoms with van der Waals surface area (Å²) in [5.41, 5.74) is 0.945. The Hall–Kier alpha value is -1.76. The van der Waals surface area contributed by atoms with E-state index in [0.717, 1.165) is 76.5 Å². The van der Waals surface area contributed by atoms with Gasteiger partial charge >= 0.3 is 0 Å². The van der Waals surface area contributed by atoms with E-state index in [4.69, 9.17) is 16.3 Å². The van der Waals surface area contributed by atoms with Crippen LogP contribution in [-0.4, -0.2) is 88.8 Å². The normalized spacial score (nSPS) is 23.4. The Morgan fingerprint density at radius 3 is 2.24 bits per heavy atom. The average molecular weight is 612 g/mol. The second-order valence-corrected chi connectivity index (χ2v) is 14.0. The highest BCUT2D eigenvalue weighted by Crippen LogP contribution is 2.26. The zero-order valence-corrected chi connectivity index (χ0v) is 25.6. The van der Waals surface area contributed by atoms with Crippen LogP contribution in [-0.2, 0) is 31.0 Å². The molecule has 0 unspecified atom stereocenters. The summed E-state index contributed by atoms with van der Waals surface area (Å²) in [5, 5.41) is 10.4. The van der Waals surface area contributed by atoms with Crippen LogP contribution in [0.25, 0.3) is 0 Å². The number of ether oxygens (including phenoxy) is 1. The third-order valence-corrected chi connectivity index (χ3v) is 9.50. The molecule has 0 radical (unpaired) electrons. The molecule has 0 aliphatic carbocycles. The first kappa shape index (κ1) is 32.2. The van der Waals surface area contributed by atoms with Crippen molar-refractivity contribution in [2.75, 3.05) is 45.5 Å². The smallest absolute Gasteiger partial charge is 0.242 e. The predicted octanol–water partition coefficient (Wildman–Crippen LogP) is 2.03. The van der Waals surface area contributed by atoms with E-state index in [-0.39, 0.29) is 24.5 Å². The first-order valence-corrected chi connectivity index (χ1v) is 17.3. The van der Waals surface area contributed by atoms with E-state index in [1.807, 2.05) is 12.1 Å². The minimum Gasteiger partial charge on any atom is -0.372 e. The van der Waals surface area contributed by atoms with Gasteiger partial charge in [0.15, 0.2) is 0 Å². The second-order valence-electron chi connectivity index (χ2n) is 11.8. The molecule has 230 valence electrons. The molecule has 3 aliphatic heterocycles. The molecule has 3 fully saturated rings. The second kappa shape index (κ2) is 15.6. The van der Waals surface area contributed by atoms with Crippen LogP contribution >= 0.6 is 11.6 Å². The lowest BCUT2D eigenvalue weighted by Crippen LogP contribution is -2.53. The lowest BCUT2D eigenvalue weighted by molar-refractivity contribution is -0.140. The van der Waals surface area contributed by atoms with Crippen LogP contribution in [0.15, 0.2) is 24.3 Å². The Bertz CT molecular complexity index is 1090. The number of hydrogen-bond acceptors (Lipinski definition) is 7. The summed E-state index contributed by atoms with van der Waals surface area (Å²) in [6.07, 6.45) is 7.34. The van der Waals surface area contributed by atoms with E-state index in [0.29, 0.717) is 42.9 Å². The van der Waals surface area contributed by atoms with Gasteiger partial charge in [0, 0.05) is 24.5 Å². The largest absolute Gasteiger partial charge is 0.372 e. The fourth-order valence-electron chi connectivity index (χ4n) is 6.16. The van der Waals surface area contributed by atoms with E-state index in [1.165, 1.54) is 4.90 Å². The van der Waals surface area contributed by atoms with Gasteiger partial charge in [-0.15, -0.1) is 0 Å². The highest BCUT2D eigenvalue weighted by atomic mass is 35.5. The summed E-state index contributed by atoms with van der Waals surface area (Å²) in [7, 11) is -3.64. The third-order valence-electron chi connectivity index (χ3n) is 8.53. The molecule has 3 aliphatic rings. The van der Waals surface area contributed by atoms with Crippen molar-refractivity contribution in [1.29, 1.82) is 0 Å². The van der Waals surface area contributed by atoms with Gasteiger partial charge < -0.3 is 25.6 Å². The Morgan fingerprint density at radius 1 is 1.02 bits per heavy atom. The van der Waals surface area contributed by atoms with Gasteiger partial charge in [0.25, 0.3) is 0 Å². The van der Waals surface area contributed by atoms with Gasteiger partial charge in [0.2, 0.25) is 21.8 Å². The molecule has 1 aromatic carbocycles. The number of nitrogens with one attached hydrogen (secondary N) is 4. The number of hydrogen-bond donors (Lipinski definition) is 4. The lowest BCUT2D eigenvalue weighted by Gasteiger charge is -2.30. The Labute approximate surface area is 249 Å². The SMILES string of the molecule is CS(=O)(=O)N[C@H](CCC1CCNCC1)C(=O)N1C[C@H](OCc2ccc(Cl)cc2)C[C@@H]1C(=O)NCCC1CCNCC1. The van der Waals surface area contributed by atoms with Crippen molar-refractivity contribution in [2.45, 2.75) is 76.2 Å². The van der Waals surface area contributed by atoms with Gasteiger partial charge in [-0.25, -0.2) is 13.1 Å². The van der Waals surface area contributed by atoms with Crippen LogP contribution in [0.5, 0.6) is 0 Å². The fourth-order valence-corrected chi connectivity index (χ4v) is 7.02. The van der Waals surface area contributed by atoms with Gasteiger partial charge in [-0.1, -0.05) is 23.7 Å². The standard InChI is InChI=1S/C29H46ClN5O5S/c1-41(38,39)34-26(7-4-21-8-13-31-14-9-21)29(37)35-19-25(40-20-23-2-5-24(30)6-3-23)18-27(35)28(36)33-17-12-22-10-15-32-16-11-22/h2-3,5-6,21-22,25-27,31-32,34H,4,7-20H2,1H3,(H,33,36)/t25-,26-,27-/m1/s1. The van der Waals surface area contributed by atoms with Crippen LogP contribution in [0.4, 0.5) is 0 Å². The van der Waals surface area contributed by atoms with E-state index in [1.54, 1.807) is 12.1 Å². The maximum Gasteiger partial charge on any atom is 0.242 e. The van der Waals surface area contributed by atoms with Gasteiger partial charge in [-0.2, -0.15) is 0 Å². The van der Waals surface area contributed by atoms with Crippen LogP contribution in [0, 0.1) is 11.8 Å². The summed E-state index contributed by atoms with van der Waals surface area (Å²) in [4.78, 5) is 28.9. The van der Waals surface area contributed by atoms with Crippen LogP contribution < -0.4 is 20.7 Å². The minimum absolute atomic E-state index is 0.207.